The topological polar surface area (TPSA) is 95.2 Å². The van der Waals surface area contributed by atoms with Gasteiger partial charge in [0.15, 0.2) is 5.13 Å². The van der Waals surface area contributed by atoms with Crippen LogP contribution in [-0.2, 0) is 25.1 Å². The predicted molar refractivity (Wildman–Crippen MR) is 121 cm³/mol. The Morgan fingerprint density at radius 1 is 1.26 bits per heavy atom. The molecule has 2 unspecified atom stereocenters. The van der Waals surface area contributed by atoms with Crippen LogP contribution in [0.5, 0.6) is 5.88 Å². The van der Waals surface area contributed by atoms with E-state index in [1.54, 1.807) is 6.92 Å². The molecule has 1 amide bonds. The second-order valence-corrected chi connectivity index (χ2v) is 9.10. The fourth-order valence-electron chi connectivity index (χ4n) is 3.81. The molecule has 2 atom stereocenters. The molecule has 0 fully saturated rings. The first-order chi connectivity index (χ1) is 15.9. The van der Waals surface area contributed by atoms with Crippen molar-refractivity contribution in [1.29, 1.82) is 0 Å². The minimum Gasteiger partial charge on any atom is -0.475 e. The Morgan fingerprint density at radius 3 is 2.65 bits per heavy atom. The number of rotatable bonds is 4. The minimum absolute atomic E-state index is 0.115. The van der Waals surface area contributed by atoms with E-state index in [0.29, 0.717) is 0 Å². The number of aromatic nitrogens is 3. The zero-order valence-electron chi connectivity index (χ0n) is 18.1. The number of carbonyl (C=O) groups is 1. The fraction of sp³-hybridized carbons (Fsp3) is 0.333. The molecule has 1 N–H and O–H groups in total. The summed E-state index contributed by atoms with van der Waals surface area (Å²) in [6.07, 6.45) is -5.25. The predicted octanol–water partition coefficient (Wildman–Crippen LogP) is 3.77. The van der Waals surface area contributed by atoms with Crippen LogP contribution in [0.4, 0.5) is 18.3 Å². The second kappa shape index (κ2) is 8.58. The highest BCUT2D eigenvalue weighted by Crippen LogP contribution is 2.39. The van der Waals surface area contributed by atoms with Crippen LogP contribution in [0.15, 0.2) is 33.2 Å². The summed E-state index contributed by atoms with van der Waals surface area (Å²) in [6.45, 7) is 1.70. The van der Waals surface area contributed by atoms with Gasteiger partial charge in [-0.3, -0.25) is 18.7 Å². The van der Waals surface area contributed by atoms with Crippen LogP contribution in [0.25, 0.3) is 11.3 Å². The molecule has 3 heterocycles. The van der Waals surface area contributed by atoms with Gasteiger partial charge in [0.1, 0.15) is 6.10 Å². The van der Waals surface area contributed by atoms with Crippen LogP contribution in [0.2, 0.25) is 5.02 Å². The van der Waals surface area contributed by atoms with Gasteiger partial charge in [-0.25, -0.2) is 9.78 Å². The fourth-order valence-corrected chi connectivity index (χ4v) is 4.77. The monoisotopic (exact) mass is 514 g/mol. The van der Waals surface area contributed by atoms with Crippen molar-refractivity contribution in [3.8, 4) is 17.1 Å². The number of benzene rings is 1. The number of thiazole rings is 1. The Kier molecular flexibility index (Phi) is 6.06. The first-order valence-electron chi connectivity index (χ1n) is 9.97. The Labute approximate surface area is 199 Å². The Balaban J connectivity index is 1.54. The van der Waals surface area contributed by atoms with E-state index in [-0.39, 0.29) is 34.3 Å². The molecule has 0 saturated carbocycles. The van der Waals surface area contributed by atoms with Crippen LogP contribution in [-0.4, -0.2) is 26.1 Å². The molecule has 0 radical (unpaired) electrons. The van der Waals surface area contributed by atoms with E-state index in [1.807, 2.05) is 0 Å². The van der Waals surface area contributed by atoms with Gasteiger partial charge in [0.05, 0.1) is 21.8 Å². The molecule has 0 saturated heterocycles. The average molecular weight is 515 g/mol. The number of amides is 1. The lowest BCUT2D eigenvalue weighted by Gasteiger charge is -2.13. The number of halogens is 4. The summed E-state index contributed by atoms with van der Waals surface area (Å²) in [5.41, 5.74) is -1.35. The molecule has 8 nitrogen and oxygen atoms in total. The molecular formula is C21H18ClF3N4O4S. The number of nitrogens with zero attached hydrogens (tertiary/aromatic N) is 3. The number of alkyl halides is 3. The van der Waals surface area contributed by atoms with Crippen molar-refractivity contribution < 1.29 is 22.7 Å². The number of hydrogen-bond acceptors (Lipinski definition) is 6. The molecule has 0 aliphatic carbocycles. The van der Waals surface area contributed by atoms with Crippen LogP contribution in [0, 0.1) is 0 Å². The molecule has 0 bridgehead atoms. The summed E-state index contributed by atoms with van der Waals surface area (Å²) in [5, 5.41) is 3.89. The molecule has 180 valence electrons. The van der Waals surface area contributed by atoms with E-state index >= 15 is 0 Å². The van der Waals surface area contributed by atoms with Crippen molar-refractivity contribution in [2.75, 3.05) is 5.32 Å². The third-order valence-corrected chi connectivity index (χ3v) is 6.69. The number of carbonyl (C=O) groups excluding carboxylic acids is 1. The van der Waals surface area contributed by atoms with E-state index < -0.39 is 45.9 Å². The van der Waals surface area contributed by atoms with Crippen molar-refractivity contribution in [3.63, 3.8) is 0 Å². The molecule has 2 aromatic heterocycles. The summed E-state index contributed by atoms with van der Waals surface area (Å²) in [7, 11) is 2.83. The van der Waals surface area contributed by atoms with Crippen molar-refractivity contribution in [2.24, 2.45) is 14.1 Å². The van der Waals surface area contributed by atoms with E-state index in [9.17, 15) is 27.6 Å². The average Bonchev–Trinajstić information content (AvgIpc) is 3.35. The zero-order chi connectivity index (χ0) is 24.9. The molecule has 1 aliphatic heterocycles. The Hall–Kier alpha value is -3.12. The molecule has 13 heteroatoms. The second-order valence-electron chi connectivity index (χ2n) is 7.84. The van der Waals surface area contributed by atoms with E-state index in [0.717, 1.165) is 28.0 Å². The lowest BCUT2D eigenvalue weighted by atomic mass is 9.94. The molecule has 0 spiro atoms. The van der Waals surface area contributed by atoms with Gasteiger partial charge in [-0.05, 0) is 19.1 Å². The third-order valence-electron chi connectivity index (χ3n) is 5.60. The van der Waals surface area contributed by atoms with Crippen LogP contribution < -0.4 is 21.3 Å². The summed E-state index contributed by atoms with van der Waals surface area (Å²) in [4.78, 5) is 41.7. The first-order valence-corrected chi connectivity index (χ1v) is 11.2. The molecule has 4 rings (SSSR count). The highest BCUT2D eigenvalue weighted by molar-refractivity contribution is 7.14. The SMILES string of the molecule is CC1Oc2c(c(=O)n(C)c(=O)n2C)C1CC(=O)Nc1nc(-c2ccc(Cl)c(C(F)(F)F)c2)cs1. The maximum Gasteiger partial charge on any atom is 0.417 e. The minimum atomic E-state index is -4.61. The Morgan fingerprint density at radius 2 is 1.97 bits per heavy atom. The van der Waals surface area contributed by atoms with Gasteiger partial charge in [0.25, 0.3) is 5.56 Å². The highest BCUT2D eigenvalue weighted by atomic mass is 35.5. The molecule has 1 aromatic carbocycles. The maximum absolute atomic E-state index is 13.1. The molecule has 34 heavy (non-hydrogen) atoms. The van der Waals surface area contributed by atoms with Gasteiger partial charge in [-0.1, -0.05) is 17.7 Å². The highest BCUT2D eigenvalue weighted by Gasteiger charge is 2.38. The normalized spacial score (nSPS) is 17.4. The summed E-state index contributed by atoms with van der Waals surface area (Å²) in [6, 6.07) is 3.45. The maximum atomic E-state index is 13.1. The number of ether oxygens (including phenoxy) is 1. The van der Waals surface area contributed by atoms with Gasteiger partial charge in [0, 0.05) is 37.4 Å². The molecule has 1 aliphatic rings. The van der Waals surface area contributed by atoms with Crippen LogP contribution in [0.1, 0.15) is 30.4 Å². The van der Waals surface area contributed by atoms with E-state index in [2.05, 4.69) is 10.3 Å². The van der Waals surface area contributed by atoms with Crippen molar-refractivity contribution >= 4 is 34.0 Å². The van der Waals surface area contributed by atoms with E-state index in [1.165, 1.54) is 30.1 Å². The van der Waals surface area contributed by atoms with Crippen molar-refractivity contribution in [3.05, 3.63) is 60.6 Å². The first kappa shape index (κ1) is 24.0. The van der Waals surface area contributed by atoms with Crippen molar-refractivity contribution in [2.45, 2.75) is 31.5 Å². The quantitative estimate of drug-likeness (QED) is 0.572. The molecule has 3 aromatic rings. The summed E-state index contributed by atoms with van der Waals surface area (Å²) >= 11 is 6.71. The van der Waals surface area contributed by atoms with Gasteiger partial charge >= 0.3 is 11.9 Å². The van der Waals surface area contributed by atoms with E-state index in [4.69, 9.17) is 16.3 Å². The van der Waals surface area contributed by atoms with Gasteiger partial charge in [0.2, 0.25) is 11.8 Å². The third kappa shape index (κ3) is 4.23. The van der Waals surface area contributed by atoms with Crippen molar-refractivity contribution in [1.82, 2.24) is 14.1 Å². The van der Waals surface area contributed by atoms with Crippen LogP contribution >= 0.6 is 22.9 Å². The lowest BCUT2D eigenvalue weighted by Crippen LogP contribution is -2.38. The standard InChI is InChI=1S/C21H18ClF3N4O4S/c1-9-11(16-17(31)28(2)20(32)29(3)18(16)33-9)7-15(30)27-19-26-14(8-34-19)10-4-5-13(22)12(6-10)21(23,24)25/h4-6,8-9,11H,7H2,1-3H3,(H,26,27,30). The number of nitrogens with one attached hydrogen (secondary N) is 1. The lowest BCUT2D eigenvalue weighted by molar-refractivity contribution is -0.137. The summed E-state index contributed by atoms with van der Waals surface area (Å²) in [5.74, 6) is -0.916. The van der Waals surface area contributed by atoms with Crippen LogP contribution in [0.3, 0.4) is 0 Å². The van der Waals surface area contributed by atoms with Gasteiger partial charge < -0.3 is 10.1 Å². The molecular weight excluding hydrogens is 497 g/mol. The largest absolute Gasteiger partial charge is 0.475 e. The smallest absolute Gasteiger partial charge is 0.417 e. The summed E-state index contributed by atoms with van der Waals surface area (Å²) < 4.78 is 47.3. The number of fused-ring (bicyclic) bond motifs is 1. The zero-order valence-corrected chi connectivity index (χ0v) is 19.6. The number of anilines is 1. The number of hydrogen-bond donors (Lipinski definition) is 1. The van der Waals surface area contributed by atoms with Gasteiger partial charge in [-0.15, -0.1) is 11.3 Å². The van der Waals surface area contributed by atoms with Gasteiger partial charge in [-0.2, -0.15) is 13.2 Å². The Bertz CT molecular complexity index is 1410.